The second-order valence-electron chi connectivity index (χ2n) is 6.72. The van der Waals surface area contributed by atoms with Gasteiger partial charge in [-0.05, 0) is 48.4 Å². The molecule has 0 atom stereocenters. The van der Waals surface area contributed by atoms with Gasteiger partial charge in [-0.3, -0.25) is 0 Å². The largest absolute Gasteiger partial charge is 1.00 e. The fourth-order valence-corrected chi connectivity index (χ4v) is 3.67. The molecule has 4 aromatic rings. The Balaban J connectivity index is 0.00000225. The Bertz CT molecular complexity index is 1120. The van der Waals surface area contributed by atoms with Crippen molar-refractivity contribution >= 4 is 27.8 Å². The summed E-state index contributed by atoms with van der Waals surface area (Å²) in [4.78, 5) is 10.9. The van der Waals surface area contributed by atoms with E-state index in [4.69, 9.17) is 5.11 Å². The number of halogens is 1. The zero-order chi connectivity index (χ0) is 18.8. The number of hydrogen-bond acceptors (Lipinski definition) is 2. The molecule has 0 saturated heterocycles. The second kappa shape index (κ2) is 8.46. The molecule has 144 valence electrons. The van der Waals surface area contributed by atoms with Crippen molar-refractivity contribution in [1.82, 2.24) is 9.88 Å². The second-order valence-corrected chi connectivity index (χ2v) is 6.72. The lowest BCUT2D eigenvalue weighted by molar-refractivity contribution is -0.0000209. The Morgan fingerprint density at radius 3 is 2.25 bits per heavy atom. The predicted octanol–water partition coefficient (Wildman–Crippen LogP) is 1.81. The van der Waals surface area contributed by atoms with Crippen molar-refractivity contribution in [3.63, 3.8) is 0 Å². The monoisotopic (exact) mass is 393 g/mol. The molecular formula is C23H22ClN2O2-. The van der Waals surface area contributed by atoms with Gasteiger partial charge in [0.2, 0.25) is 0 Å². The highest BCUT2D eigenvalue weighted by molar-refractivity contribution is 6.08. The Morgan fingerprint density at radius 1 is 0.893 bits per heavy atom. The Morgan fingerprint density at radius 2 is 1.54 bits per heavy atom. The first kappa shape index (κ1) is 19.9. The van der Waals surface area contributed by atoms with E-state index in [0.717, 1.165) is 18.7 Å². The van der Waals surface area contributed by atoms with Crippen LogP contribution in [0.25, 0.3) is 21.8 Å². The van der Waals surface area contributed by atoms with Crippen LogP contribution >= 0.6 is 0 Å². The number of fused-ring (bicyclic) bond motifs is 3. The standard InChI is InChI=1S/C23H22N2O2.ClH/c1-2-25-21-6-4-3-5-19(21)20-13-17(9-12-22(20)25)15-24-14-16-7-10-18(11-8-16)23(26)27;/h3-13,24H,2,14-15H2,1H3,(H,26,27);1H/p-1. The Kier molecular flexibility index (Phi) is 6.02. The molecule has 0 amide bonds. The van der Waals surface area contributed by atoms with Crippen molar-refractivity contribution in [2.45, 2.75) is 26.6 Å². The SMILES string of the molecule is CCn1c2ccccc2c2cc(CNCc3ccc(C(=O)O)cc3)ccc21.[Cl-]. The van der Waals surface area contributed by atoms with Crippen LogP contribution in [0.15, 0.2) is 66.7 Å². The molecule has 4 rings (SSSR count). The van der Waals surface area contributed by atoms with Crippen LogP contribution in [0.5, 0.6) is 0 Å². The Hall–Kier alpha value is -2.82. The molecule has 0 fully saturated rings. The lowest BCUT2D eigenvalue weighted by atomic mass is 10.1. The van der Waals surface area contributed by atoms with Crippen LogP contribution in [0.2, 0.25) is 0 Å². The molecule has 4 nitrogen and oxygen atoms in total. The summed E-state index contributed by atoms with van der Waals surface area (Å²) in [5, 5.41) is 15.0. The first-order chi connectivity index (χ1) is 13.2. The summed E-state index contributed by atoms with van der Waals surface area (Å²) in [5.74, 6) is -0.894. The van der Waals surface area contributed by atoms with E-state index in [1.54, 1.807) is 12.1 Å². The summed E-state index contributed by atoms with van der Waals surface area (Å²) in [7, 11) is 0. The molecule has 0 aliphatic heterocycles. The van der Waals surface area contributed by atoms with Crippen molar-refractivity contribution < 1.29 is 22.3 Å². The van der Waals surface area contributed by atoms with E-state index in [0.29, 0.717) is 12.1 Å². The van der Waals surface area contributed by atoms with Crippen LogP contribution in [0, 0.1) is 0 Å². The maximum atomic E-state index is 10.9. The molecule has 1 heterocycles. The van der Waals surface area contributed by atoms with Gasteiger partial charge in [0.1, 0.15) is 0 Å². The highest BCUT2D eigenvalue weighted by Crippen LogP contribution is 2.29. The molecule has 1 aromatic heterocycles. The minimum absolute atomic E-state index is 0. The zero-order valence-electron chi connectivity index (χ0n) is 15.7. The number of carboxylic acid groups (broad SMARTS) is 1. The van der Waals surface area contributed by atoms with Gasteiger partial charge in [0.25, 0.3) is 0 Å². The number of nitrogens with one attached hydrogen (secondary N) is 1. The first-order valence-corrected chi connectivity index (χ1v) is 9.20. The number of aryl methyl sites for hydroxylation is 1. The van der Waals surface area contributed by atoms with E-state index >= 15 is 0 Å². The molecule has 0 aliphatic carbocycles. The number of carbonyl (C=O) groups is 1. The number of benzene rings is 3. The maximum Gasteiger partial charge on any atom is 0.335 e. The molecule has 0 radical (unpaired) electrons. The summed E-state index contributed by atoms with van der Waals surface area (Å²) < 4.78 is 2.35. The summed E-state index contributed by atoms with van der Waals surface area (Å²) >= 11 is 0. The van der Waals surface area contributed by atoms with Crippen molar-refractivity contribution in [3.8, 4) is 0 Å². The molecule has 5 heteroatoms. The quantitative estimate of drug-likeness (QED) is 0.525. The predicted molar refractivity (Wildman–Crippen MR) is 109 cm³/mol. The van der Waals surface area contributed by atoms with E-state index in [9.17, 15) is 4.79 Å². The molecule has 0 aliphatic rings. The van der Waals surface area contributed by atoms with Gasteiger partial charge in [-0.1, -0.05) is 36.4 Å². The van der Waals surface area contributed by atoms with Gasteiger partial charge in [-0.15, -0.1) is 0 Å². The molecular weight excluding hydrogens is 372 g/mol. The third kappa shape index (κ3) is 3.75. The third-order valence-corrected chi connectivity index (χ3v) is 5.01. The van der Waals surface area contributed by atoms with Gasteiger partial charge in [-0.25, -0.2) is 4.79 Å². The van der Waals surface area contributed by atoms with Crippen LogP contribution in [0.1, 0.15) is 28.4 Å². The van der Waals surface area contributed by atoms with Gasteiger partial charge in [0.05, 0.1) is 5.56 Å². The normalized spacial score (nSPS) is 10.9. The zero-order valence-corrected chi connectivity index (χ0v) is 16.4. The minimum Gasteiger partial charge on any atom is -1.00 e. The highest BCUT2D eigenvalue weighted by atomic mass is 35.5. The number of para-hydroxylation sites is 1. The average molecular weight is 394 g/mol. The number of hydrogen-bond donors (Lipinski definition) is 2. The molecule has 28 heavy (non-hydrogen) atoms. The van der Waals surface area contributed by atoms with E-state index in [1.165, 1.54) is 27.4 Å². The number of aromatic nitrogens is 1. The molecule has 3 aromatic carbocycles. The Labute approximate surface area is 170 Å². The topological polar surface area (TPSA) is 54.3 Å². The van der Waals surface area contributed by atoms with Crippen LogP contribution < -0.4 is 17.7 Å². The van der Waals surface area contributed by atoms with Crippen LogP contribution in [0.4, 0.5) is 0 Å². The molecule has 2 N–H and O–H groups in total. The van der Waals surface area contributed by atoms with E-state index in [1.807, 2.05) is 12.1 Å². The molecule has 0 saturated carbocycles. The highest BCUT2D eigenvalue weighted by Gasteiger charge is 2.09. The van der Waals surface area contributed by atoms with Gasteiger partial charge in [0.15, 0.2) is 0 Å². The van der Waals surface area contributed by atoms with E-state index in [-0.39, 0.29) is 12.4 Å². The summed E-state index contributed by atoms with van der Waals surface area (Å²) in [6.45, 7) is 4.60. The fourth-order valence-electron chi connectivity index (χ4n) is 3.67. The van der Waals surface area contributed by atoms with Crippen molar-refractivity contribution in [1.29, 1.82) is 0 Å². The number of aromatic carboxylic acids is 1. The van der Waals surface area contributed by atoms with Crippen LogP contribution in [0.3, 0.4) is 0 Å². The van der Waals surface area contributed by atoms with Crippen LogP contribution in [-0.2, 0) is 19.6 Å². The van der Waals surface area contributed by atoms with E-state index < -0.39 is 5.97 Å². The fraction of sp³-hybridized carbons (Fsp3) is 0.174. The lowest BCUT2D eigenvalue weighted by Gasteiger charge is -2.07. The van der Waals surface area contributed by atoms with Crippen molar-refractivity contribution in [3.05, 3.63) is 83.4 Å². The minimum atomic E-state index is -0.894. The summed E-state index contributed by atoms with van der Waals surface area (Å²) in [6, 6.07) is 22.2. The van der Waals surface area contributed by atoms with Crippen molar-refractivity contribution in [2.24, 2.45) is 0 Å². The lowest BCUT2D eigenvalue weighted by Crippen LogP contribution is -3.00. The smallest absolute Gasteiger partial charge is 0.335 e. The summed E-state index contributed by atoms with van der Waals surface area (Å²) in [5.41, 5.74) is 5.18. The third-order valence-electron chi connectivity index (χ3n) is 5.01. The maximum absolute atomic E-state index is 10.9. The van der Waals surface area contributed by atoms with Gasteiger partial charge in [-0.2, -0.15) is 0 Å². The van der Waals surface area contributed by atoms with Gasteiger partial charge < -0.3 is 27.4 Å². The average Bonchev–Trinajstić information content (AvgIpc) is 3.01. The van der Waals surface area contributed by atoms with Gasteiger partial charge in [0, 0.05) is 41.4 Å². The first-order valence-electron chi connectivity index (χ1n) is 9.20. The number of rotatable bonds is 6. The summed E-state index contributed by atoms with van der Waals surface area (Å²) in [6.07, 6.45) is 0. The molecule has 0 unspecified atom stereocenters. The van der Waals surface area contributed by atoms with Crippen LogP contribution in [-0.4, -0.2) is 15.6 Å². The number of nitrogens with zero attached hydrogens (tertiary/aromatic N) is 1. The molecule has 0 bridgehead atoms. The van der Waals surface area contributed by atoms with Gasteiger partial charge >= 0.3 is 5.97 Å². The van der Waals surface area contributed by atoms with Crippen molar-refractivity contribution in [2.75, 3.05) is 0 Å². The van der Waals surface area contributed by atoms with E-state index in [2.05, 4.69) is 59.3 Å². The number of carboxylic acids is 1. The molecule has 0 spiro atoms.